The van der Waals surface area contributed by atoms with E-state index in [2.05, 4.69) is 39.7 Å². The fourth-order valence-electron chi connectivity index (χ4n) is 1.92. The molecule has 0 aliphatic heterocycles. The van der Waals surface area contributed by atoms with Crippen LogP contribution in [0.4, 0.5) is 5.82 Å². The molecule has 2 rings (SSSR count). The number of nitrogens with two attached hydrogens (primary N) is 1. The SMILES string of the molecule is CCOc1ccccc1-c1nc(N)c(Br)c(C(C)C)n1. The molecule has 0 fully saturated rings. The monoisotopic (exact) mass is 335 g/mol. The zero-order valence-corrected chi connectivity index (χ0v) is 13.4. The number of nitrogens with zero attached hydrogens (tertiary/aromatic N) is 2. The van der Waals surface area contributed by atoms with Crippen LogP contribution >= 0.6 is 15.9 Å². The van der Waals surface area contributed by atoms with E-state index in [1.165, 1.54) is 0 Å². The summed E-state index contributed by atoms with van der Waals surface area (Å²) in [7, 11) is 0. The van der Waals surface area contributed by atoms with Crippen molar-refractivity contribution in [2.24, 2.45) is 0 Å². The molecule has 0 bridgehead atoms. The maximum absolute atomic E-state index is 5.98. The maximum Gasteiger partial charge on any atom is 0.165 e. The normalized spacial score (nSPS) is 10.8. The van der Waals surface area contributed by atoms with Crippen molar-refractivity contribution in [3.05, 3.63) is 34.4 Å². The van der Waals surface area contributed by atoms with Gasteiger partial charge in [-0.2, -0.15) is 0 Å². The van der Waals surface area contributed by atoms with E-state index in [0.717, 1.165) is 21.5 Å². The first kappa shape index (κ1) is 14.8. The van der Waals surface area contributed by atoms with Crippen LogP contribution in [0.25, 0.3) is 11.4 Å². The van der Waals surface area contributed by atoms with E-state index in [1.807, 2.05) is 31.2 Å². The lowest BCUT2D eigenvalue weighted by Gasteiger charge is -2.13. The first-order valence-corrected chi connectivity index (χ1v) is 7.39. The molecular weight excluding hydrogens is 318 g/mol. The van der Waals surface area contributed by atoms with Gasteiger partial charge in [-0.3, -0.25) is 0 Å². The summed E-state index contributed by atoms with van der Waals surface area (Å²) in [4.78, 5) is 9.00. The second-order valence-corrected chi connectivity index (χ2v) is 5.51. The molecule has 5 heteroatoms. The molecule has 0 atom stereocenters. The van der Waals surface area contributed by atoms with E-state index in [0.29, 0.717) is 18.2 Å². The molecule has 0 amide bonds. The van der Waals surface area contributed by atoms with Gasteiger partial charge in [-0.1, -0.05) is 26.0 Å². The van der Waals surface area contributed by atoms with Gasteiger partial charge in [0.05, 0.1) is 22.3 Å². The topological polar surface area (TPSA) is 61.0 Å². The number of hydrogen-bond acceptors (Lipinski definition) is 4. The van der Waals surface area contributed by atoms with Gasteiger partial charge in [-0.15, -0.1) is 0 Å². The lowest BCUT2D eigenvalue weighted by Crippen LogP contribution is -2.05. The number of hydrogen-bond donors (Lipinski definition) is 1. The Balaban J connectivity index is 2.59. The minimum atomic E-state index is 0.257. The molecule has 106 valence electrons. The summed E-state index contributed by atoms with van der Waals surface area (Å²) in [5.74, 6) is 2.07. The Hall–Kier alpha value is -1.62. The van der Waals surface area contributed by atoms with Gasteiger partial charge in [-0.25, -0.2) is 9.97 Å². The average molecular weight is 336 g/mol. The number of aromatic nitrogens is 2. The Kier molecular flexibility index (Phi) is 4.60. The highest BCUT2D eigenvalue weighted by molar-refractivity contribution is 9.10. The standard InChI is InChI=1S/C15H18BrN3O/c1-4-20-11-8-6-5-7-10(11)15-18-13(9(2)3)12(16)14(17)19-15/h5-9H,4H2,1-3H3,(H2,17,18,19). The van der Waals surface area contributed by atoms with Crippen LogP contribution < -0.4 is 10.5 Å². The third-order valence-corrected chi connectivity index (χ3v) is 3.69. The average Bonchev–Trinajstić information content (AvgIpc) is 2.42. The molecular formula is C15H18BrN3O. The highest BCUT2D eigenvalue weighted by Crippen LogP contribution is 2.33. The summed E-state index contributed by atoms with van der Waals surface area (Å²) in [5, 5.41) is 0. The molecule has 1 aromatic heterocycles. The van der Waals surface area contributed by atoms with Crippen LogP contribution in [0, 0.1) is 0 Å². The molecule has 0 radical (unpaired) electrons. The fraction of sp³-hybridized carbons (Fsp3) is 0.333. The summed E-state index contributed by atoms with van der Waals surface area (Å²) in [5.41, 5.74) is 7.74. The van der Waals surface area contributed by atoms with Crippen molar-refractivity contribution in [3.63, 3.8) is 0 Å². The van der Waals surface area contributed by atoms with Gasteiger partial charge < -0.3 is 10.5 Å². The highest BCUT2D eigenvalue weighted by atomic mass is 79.9. The number of rotatable bonds is 4. The predicted molar refractivity (Wildman–Crippen MR) is 84.8 cm³/mol. The lowest BCUT2D eigenvalue weighted by molar-refractivity contribution is 0.341. The van der Waals surface area contributed by atoms with Crippen LogP contribution in [0.5, 0.6) is 5.75 Å². The van der Waals surface area contributed by atoms with Crippen LogP contribution in [0.3, 0.4) is 0 Å². The largest absolute Gasteiger partial charge is 0.493 e. The molecule has 0 saturated carbocycles. The van der Waals surface area contributed by atoms with E-state index >= 15 is 0 Å². The van der Waals surface area contributed by atoms with Crippen LogP contribution in [-0.2, 0) is 0 Å². The number of para-hydroxylation sites is 1. The van der Waals surface area contributed by atoms with Crippen LogP contribution in [0.1, 0.15) is 32.4 Å². The molecule has 1 aromatic carbocycles. The quantitative estimate of drug-likeness (QED) is 0.916. The number of anilines is 1. The van der Waals surface area contributed by atoms with Gasteiger partial charge in [-0.05, 0) is 40.9 Å². The van der Waals surface area contributed by atoms with Crippen LogP contribution in [-0.4, -0.2) is 16.6 Å². The minimum Gasteiger partial charge on any atom is -0.493 e. The molecule has 0 unspecified atom stereocenters. The van der Waals surface area contributed by atoms with E-state index in [9.17, 15) is 0 Å². The smallest absolute Gasteiger partial charge is 0.165 e. The summed E-state index contributed by atoms with van der Waals surface area (Å²) in [6.07, 6.45) is 0. The van der Waals surface area contributed by atoms with E-state index < -0.39 is 0 Å². The Morgan fingerprint density at radius 3 is 2.60 bits per heavy atom. The Labute approximate surface area is 127 Å². The van der Waals surface area contributed by atoms with Crippen molar-refractivity contribution in [1.82, 2.24) is 9.97 Å². The molecule has 0 saturated heterocycles. The van der Waals surface area contributed by atoms with Crippen LogP contribution in [0.15, 0.2) is 28.7 Å². The van der Waals surface area contributed by atoms with E-state index in [1.54, 1.807) is 0 Å². The highest BCUT2D eigenvalue weighted by Gasteiger charge is 2.16. The molecule has 1 heterocycles. The summed E-state index contributed by atoms with van der Waals surface area (Å²) >= 11 is 3.46. The van der Waals surface area contributed by atoms with Gasteiger partial charge >= 0.3 is 0 Å². The number of nitrogen functional groups attached to an aromatic ring is 1. The van der Waals surface area contributed by atoms with Crippen molar-refractivity contribution in [3.8, 4) is 17.1 Å². The van der Waals surface area contributed by atoms with Crippen molar-refractivity contribution in [1.29, 1.82) is 0 Å². The first-order chi connectivity index (χ1) is 9.54. The Bertz CT molecular complexity index is 614. The molecule has 0 spiro atoms. The lowest BCUT2D eigenvalue weighted by atomic mass is 10.1. The maximum atomic E-state index is 5.98. The van der Waals surface area contributed by atoms with E-state index in [-0.39, 0.29) is 5.92 Å². The fourth-order valence-corrected chi connectivity index (χ4v) is 2.55. The third kappa shape index (κ3) is 2.93. The Morgan fingerprint density at radius 2 is 1.95 bits per heavy atom. The molecule has 2 aromatic rings. The molecule has 0 aliphatic rings. The van der Waals surface area contributed by atoms with Gasteiger partial charge in [0.1, 0.15) is 11.6 Å². The number of benzene rings is 1. The minimum absolute atomic E-state index is 0.257. The second kappa shape index (κ2) is 6.22. The first-order valence-electron chi connectivity index (χ1n) is 6.59. The summed E-state index contributed by atoms with van der Waals surface area (Å²) in [6.45, 7) is 6.70. The molecule has 0 aliphatic carbocycles. The number of ether oxygens (including phenoxy) is 1. The van der Waals surface area contributed by atoms with E-state index in [4.69, 9.17) is 10.5 Å². The van der Waals surface area contributed by atoms with Gasteiger partial charge in [0.25, 0.3) is 0 Å². The molecule has 2 N–H and O–H groups in total. The van der Waals surface area contributed by atoms with Crippen molar-refractivity contribution < 1.29 is 4.74 Å². The van der Waals surface area contributed by atoms with Gasteiger partial charge in [0.2, 0.25) is 0 Å². The zero-order valence-electron chi connectivity index (χ0n) is 11.9. The predicted octanol–water partition coefficient (Wildman–Crippen LogP) is 4.01. The zero-order chi connectivity index (χ0) is 14.7. The van der Waals surface area contributed by atoms with Gasteiger partial charge in [0, 0.05) is 0 Å². The van der Waals surface area contributed by atoms with Gasteiger partial charge in [0.15, 0.2) is 5.82 Å². The van der Waals surface area contributed by atoms with Crippen molar-refractivity contribution >= 4 is 21.7 Å². The molecule has 20 heavy (non-hydrogen) atoms. The second-order valence-electron chi connectivity index (χ2n) is 4.72. The molecule has 4 nitrogen and oxygen atoms in total. The summed E-state index contributed by atoms with van der Waals surface area (Å²) in [6, 6.07) is 7.72. The van der Waals surface area contributed by atoms with Crippen molar-refractivity contribution in [2.75, 3.05) is 12.3 Å². The third-order valence-electron chi connectivity index (χ3n) is 2.88. The number of halogens is 1. The van der Waals surface area contributed by atoms with Crippen molar-refractivity contribution in [2.45, 2.75) is 26.7 Å². The Morgan fingerprint density at radius 1 is 1.25 bits per heavy atom. The summed E-state index contributed by atoms with van der Waals surface area (Å²) < 4.78 is 6.40. The van der Waals surface area contributed by atoms with Crippen LogP contribution in [0.2, 0.25) is 0 Å².